The first-order valence-corrected chi connectivity index (χ1v) is 9.82. The maximum absolute atomic E-state index is 12.5. The number of benzene rings is 1. The summed E-state index contributed by atoms with van der Waals surface area (Å²) in [4.78, 5) is 25.1. The molecule has 1 aromatic carbocycles. The Bertz CT molecular complexity index is 793. The fraction of sp³-hybridized carbons (Fsp3) is 0.524. The van der Waals surface area contributed by atoms with E-state index >= 15 is 0 Å². The van der Waals surface area contributed by atoms with Gasteiger partial charge in [0.25, 0.3) is 5.56 Å². The lowest BCUT2D eigenvalue weighted by Gasteiger charge is -2.32. The Morgan fingerprint density at radius 1 is 1.15 bits per heavy atom. The highest BCUT2D eigenvalue weighted by Crippen LogP contribution is 2.21. The number of nitrogens with one attached hydrogen (secondary N) is 1. The molecule has 5 heteroatoms. The van der Waals surface area contributed by atoms with Gasteiger partial charge in [0.1, 0.15) is 0 Å². The Hall–Kier alpha value is -2.14. The molecule has 1 fully saturated rings. The van der Waals surface area contributed by atoms with Crippen molar-refractivity contribution in [3.63, 3.8) is 0 Å². The number of fused-ring (bicyclic) bond motifs is 1. The Labute approximate surface area is 155 Å². The van der Waals surface area contributed by atoms with Crippen LogP contribution in [-0.4, -0.2) is 41.0 Å². The summed E-state index contributed by atoms with van der Waals surface area (Å²) in [5.74, 6) is 1.54. The number of hydrogen-bond donors (Lipinski definition) is 1. The summed E-state index contributed by atoms with van der Waals surface area (Å²) in [6.07, 6.45) is 4.17. The van der Waals surface area contributed by atoms with E-state index in [-0.39, 0.29) is 5.56 Å². The van der Waals surface area contributed by atoms with E-state index in [4.69, 9.17) is 4.98 Å². The van der Waals surface area contributed by atoms with E-state index in [2.05, 4.69) is 52.0 Å². The number of aromatic nitrogens is 2. The molecule has 0 spiro atoms. The Kier molecular flexibility index (Phi) is 5.07. The van der Waals surface area contributed by atoms with Gasteiger partial charge in [0.15, 0.2) is 0 Å². The van der Waals surface area contributed by atoms with Crippen molar-refractivity contribution in [1.29, 1.82) is 0 Å². The summed E-state index contributed by atoms with van der Waals surface area (Å²) >= 11 is 0. The van der Waals surface area contributed by atoms with E-state index in [1.165, 1.54) is 18.4 Å². The molecule has 0 amide bonds. The van der Waals surface area contributed by atoms with Gasteiger partial charge in [-0.05, 0) is 37.2 Å². The van der Waals surface area contributed by atoms with E-state index in [1.54, 1.807) is 0 Å². The van der Waals surface area contributed by atoms with Crippen LogP contribution in [0.25, 0.3) is 0 Å². The number of hydrogen-bond acceptors (Lipinski definition) is 4. The van der Waals surface area contributed by atoms with E-state index in [9.17, 15) is 4.79 Å². The van der Waals surface area contributed by atoms with Gasteiger partial charge in [0.05, 0.1) is 5.69 Å². The molecular formula is C21H28N4O. The zero-order valence-corrected chi connectivity index (χ0v) is 15.6. The third-order valence-electron chi connectivity index (χ3n) is 5.78. The van der Waals surface area contributed by atoms with Gasteiger partial charge in [-0.1, -0.05) is 37.3 Å². The van der Waals surface area contributed by atoms with Crippen LogP contribution in [0.2, 0.25) is 0 Å². The van der Waals surface area contributed by atoms with Crippen LogP contribution in [-0.2, 0) is 19.4 Å². The molecule has 5 nitrogen and oxygen atoms in total. The van der Waals surface area contributed by atoms with Crippen LogP contribution in [0, 0.1) is 5.92 Å². The number of rotatable bonds is 4. The highest BCUT2D eigenvalue weighted by Gasteiger charge is 2.23. The molecule has 138 valence electrons. The summed E-state index contributed by atoms with van der Waals surface area (Å²) in [6, 6.07) is 10.6. The second-order valence-corrected chi connectivity index (χ2v) is 7.75. The maximum atomic E-state index is 12.5. The van der Waals surface area contributed by atoms with E-state index in [0.29, 0.717) is 0 Å². The summed E-state index contributed by atoms with van der Waals surface area (Å²) < 4.78 is 0. The smallest absolute Gasteiger partial charge is 0.255 e. The van der Waals surface area contributed by atoms with E-state index < -0.39 is 0 Å². The normalized spacial score (nSPS) is 18.7. The standard InChI is InChI=1S/C21H28N4O/c1-16-7-13-25(14-8-16)21-22-19-15-24(12-10-18(19)20(26)23-21)11-9-17-5-3-2-4-6-17/h2-6,16H,7-15H2,1H3,(H,22,23,26). The summed E-state index contributed by atoms with van der Waals surface area (Å²) in [5.41, 5.74) is 3.28. The lowest BCUT2D eigenvalue weighted by atomic mass is 9.99. The minimum Gasteiger partial charge on any atom is -0.342 e. The highest BCUT2D eigenvalue weighted by molar-refractivity contribution is 5.34. The van der Waals surface area contributed by atoms with Gasteiger partial charge in [-0.15, -0.1) is 0 Å². The molecule has 0 unspecified atom stereocenters. The Morgan fingerprint density at radius 2 is 1.92 bits per heavy atom. The minimum atomic E-state index is 0.0614. The molecule has 2 aliphatic rings. The van der Waals surface area contributed by atoms with Crippen molar-refractivity contribution in [3.8, 4) is 0 Å². The van der Waals surface area contributed by atoms with Gasteiger partial charge in [0.2, 0.25) is 5.95 Å². The quantitative estimate of drug-likeness (QED) is 0.919. The first-order valence-electron chi connectivity index (χ1n) is 9.82. The van der Waals surface area contributed by atoms with E-state index in [0.717, 1.165) is 68.7 Å². The fourth-order valence-corrected chi connectivity index (χ4v) is 3.97. The first-order chi connectivity index (χ1) is 12.7. The third kappa shape index (κ3) is 3.83. The molecule has 26 heavy (non-hydrogen) atoms. The second-order valence-electron chi connectivity index (χ2n) is 7.75. The predicted molar refractivity (Wildman–Crippen MR) is 105 cm³/mol. The van der Waals surface area contributed by atoms with E-state index in [1.807, 2.05) is 0 Å². The fourth-order valence-electron chi connectivity index (χ4n) is 3.97. The molecular weight excluding hydrogens is 324 g/mol. The van der Waals surface area contributed by atoms with Crippen molar-refractivity contribution < 1.29 is 0 Å². The molecule has 1 aromatic heterocycles. The molecule has 1 saturated heterocycles. The van der Waals surface area contributed by atoms with Crippen molar-refractivity contribution in [2.24, 2.45) is 5.92 Å². The van der Waals surface area contributed by atoms with Crippen LogP contribution in [0.4, 0.5) is 5.95 Å². The van der Waals surface area contributed by atoms with Gasteiger partial charge < -0.3 is 4.90 Å². The summed E-state index contributed by atoms with van der Waals surface area (Å²) in [6.45, 7) is 7.00. The first kappa shape index (κ1) is 17.3. The monoisotopic (exact) mass is 352 g/mol. The van der Waals surface area contributed by atoms with Crippen LogP contribution < -0.4 is 10.5 Å². The molecule has 0 bridgehead atoms. The maximum Gasteiger partial charge on any atom is 0.255 e. The molecule has 0 radical (unpaired) electrons. The van der Waals surface area contributed by atoms with Gasteiger partial charge in [-0.25, -0.2) is 4.98 Å². The highest BCUT2D eigenvalue weighted by atomic mass is 16.1. The Morgan fingerprint density at radius 3 is 2.69 bits per heavy atom. The van der Waals surface area contributed by atoms with Crippen LogP contribution in [0.1, 0.15) is 36.6 Å². The van der Waals surface area contributed by atoms with Gasteiger partial charge in [0, 0.05) is 38.3 Å². The predicted octanol–water partition coefficient (Wildman–Crippen LogP) is 2.61. The largest absolute Gasteiger partial charge is 0.342 e. The molecule has 1 N–H and O–H groups in total. The van der Waals surface area contributed by atoms with Crippen molar-refractivity contribution in [2.75, 3.05) is 31.1 Å². The Balaban J connectivity index is 1.46. The molecule has 4 rings (SSSR count). The number of aromatic amines is 1. The number of anilines is 1. The van der Waals surface area contributed by atoms with Crippen LogP contribution in [0.5, 0.6) is 0 Å². The lowest BCUT2D eigenvalue weighted by molar-refractivity contribution is 0.252. The molecule has 0 atom stereocenters. The zero-order valence-electron chi connectivity index (χ0n) is 15.6. The van der Waals surface area contributed by atoms with Crippen LogP contribution in [0.15, 0.2) is 35.1 Å². The zero-order chi connectivity index (χ0) is 17.9. The molecule has 0 aliphatic carbocycles. The molecule has 2 aliphatic heterocycles. The summed E-state index contributed by atoms with van der Waals surface area (Å²) in [5, 5.41) is 0. The SMILES string of the molecule is CC1CCN(c2nc3c(c(=O)[nH]2)CCN(CCc2ccccc2)C3)CC1. The van der Waals surface area contributed by atoms with Crippen LogP contribution >= 0.6 is 0 Å². The van der Waals surface area contributed by atoms with Crippen molar-refractivity contribution >= 4 is 5.95 Å². The lowest BCUT2D eigenvalue weighted by Crippen LogP contribution is -2.39. The van der Waals surface area contributed by atoms with Gasteiger partial charge in [-0.2, -0.15) is 0 Å². The molecule has 2 aromatic rings. The topological polar surface area (TPSA) is 52.2 Å². The van der Waals surface area contributed by atoms with Crippen LogP contribution in [0.3, 0.4) is 0 Å². The summed E-state index contributed by atoms with van der Waals surface area (Å²) in [7, 11) is 0. The van der Waals surface area contributed by atoms with Crippen molar-refractivity contribution in [3.05, 3.63) is 57.5 Å². The van der Waals surface area contributed by atoms with Gasteiger partial charge in [-0.3, -0.25) is 14.7 Å². The average molecular weight is 352 g/mol. The number of piperidine rings is 1. The third-order valence-corrected chi connectivity index (χ3v) is 5.78. The van der Waals surface area contributed by atoms with Gasteiger partial charge >= 0.3 is 0 Å². The number of H-pyrrole nitrogens is 1. The second kappa shape index (κ2) is 7.62. The number of nitrogens with zero attached hydrogens (tertiary/aromatic N) is 3. The van der Waals surface area contributed by atoms with Crippen molar-refractivity contribution in [2.45, 2.75) is 39.2 Å². The minimum absolute atomic E-state index is 0.0614. The van der Waals surface area contributed by atoms with Crippen molar-refractivity contribution in [1.82, 2.24) is 14.9 Å². The average Bonchev–Trinajstić information content (AvgIpc) is 2.67. The molecule has 0 saturated carbocycles. The molecule has 3 heterocycles.